The zero-order valence-electron chi connectivity index (χ0n) is 9.81. The number of ether oxygens (including phenoxy) is 1. The zero-order chi connectivity index (χ0) is 13.4. The number of nitriles is 1. The number of hydrazone groups is 1. The number of nitrogens with zero attached hydrogens (tertiary/aromatic N) is 2. The van der Waals surface area contributed by atoms with Crippen molar-refractivity contribution in [3.8, 4) is 6.07 Å². The first kappa shape index (κ1) is 14.0. The summed E-state index contributed by atoms with van der Waals surface area (Å²) in [7, 11) is 0. The number of carbonyl (C=O) groups excluding carboxylic acids is 1. The van der Waals surface area contributed by atoms with E-state index in [-0.39, 0.29) is 12.3 Å². The van der Waals surface area contributed by atoms with Crippen molar-refractivity contribution in [1.29, 1.82) is 5.26 Å². The van der Waals surface area contributed by atoms with Crippen molar-refractivity contribution in [2.75, 3.05) is 12.0 Å². The molecule has 0 amide bonds. The predicted molar refractivity (Wildman–Crippen MR) is 69.4 cm³/mol. The summed E-state index contributed by atoms with van der Waals surface area (Å²) in [6, 6.07) is 8.37. The van der Waals surface area contributed by atoms with E-state index in [1.54, 1.807) is 30.3 Å². The molecule has 1 rings (SSSR count). The summed E-state index contributed by atoms with van der Waals surface area (Å²) in [5.41, 5.74) is 2.89. The SMILES string of the molecule is CCCOC(=O)/C(C#N)=N/Nc1ccc(Cl)cc1. The first-order valence-electron chi connectivity index (χ1n) is 5.34. The number of benzene rings is 1. The molecule has 0 aliphatic rings. The molecule has 0 fully saturated rings. The molecule has 6 heteroatoms. The largest absolute Gasteiger partial charge is 0.460 e. The van der Waals surface area contributed by atoms with Crippen molar-refractivity contribution in [2.45, 2.75) is 13.3 Å². The minimum atomic E-state index is -0.735. The van der Waals surface area contributed by atoms with Gasteiger partial charge in [0, 0.05) is 5.02 Å². The van der Waals surface area contributed by atoms with Gasteiger partial charge in [-0.15, -0.1) is 0 Å². The fraction of sp³-hybridized carbons (Fsp3) is 0.250. The van der Waals surface area contributed by atoms with Crippen molar-refractivity contribution < 1.29 is 9.53 Å². The van der Waals surface area contributed by atoms with Crippen molar-refractivity contribution in [1.82, 2.24) is 0 Å². The number of halogens is 1. The van der Waals surface area contributed by atoms with Gasteiger partial charge in [0.25, 0.3) is 0 Å². The van der Waals surface area contributed by atoms with Crippen LogP contribution in [0.3, 0.4) is 0 Å². The number of anilines is 1. The van der Waals surface area contributed by atoms with Crippen LogP contribution in [-0.4, -0.2) is 18.3 Å². The molecule has 0 aliphatic carbocycles. The second-order valence-electron chi connectivity index (χ2n) is 3.33. The van der Waals surface area contributed by atoms with Gasteiger partial charge >= 0.3 is 5.97 Å². The average Bonchev–Trinajstić information content (AvgIpc) is 2.39. The molecule has 0 heterocycles. The highest BCUT2D eigenvalue weighted by Gasteiger charge is 2.11. The fourth-order valence-electron chi connectivity index (χ4n) is 1.02. The number of hydrogen-bond donors (Lipinski definition) is 1. The Kier molecular flexibility index (Phi) is 5.68. The van der Waals surface area contributed by atoms with Gasteiger partial charge in [0.15, 0.2) is 0 Å². The van der Waals surface area contributed by atoms with Gasteiger partial charge < -0.3 is 4.74 Å². The first-order valence-corrected chi connectivity index (χ1v) is 5.71. The minimum Gasteiger partial charge on any atom is -0.460 e. The van der Waals surface area contributed by atoms with Crippen molar-refractivity contribution in [2.24, 2.45) is 5.10 Å². The van der Waals surface area contributed by atoms with E-state index in [4.69, 9.17) is 21.6 Å². The van der Waals surface area contributed by atoms with E-state index in [1.165, 1.54) is 0 Å². The lowest BCUT2D eigenvalue weighted by molar-refractivity contribution is -0.135. The summed E-state index contributed by atoms with van der Waals surface area (Å²) in [5.74, 6) is -0.735. The van der Waals surface area contributed by atoms with Crippen LogP contribution < -0.4 is 5.43 Å². The van der Waals surface area contributed by atoms with E-state index in [2.05, 4.69) is 10.5 Å². The van der Waals surface area contributed by atoms with Gasteiger partial charge in [-0.25, -0.2) is 4.79 Å². The molecule has 18 heavy (non-hydrogen) atoms. The lowest BCUT2D eigenvalue weighted by Crippen LogP contribution is -2.17. The number of esters is 1. The second-order valence-corrected chi connectivity index (χ2v) is 3.76. The third kappa shape index (κ3) is 4.44. The Bertz CT molecular complexity index is 477. The number of hydrogen-bond acceptors (Lipinski definition) is 5. The molecule has 0 aliphatic heterocycles. The summed E-state index contributed by atoms with van der Waals surface area (Å²) < 4.78 is 4.80. The summed E-state index contributed by atoms with van der Waals surface area (Å²) in [5, 5.41) is 13.0. The molecule has 1 N–H and O–H groups in total. The highest BCUT2D eigenvalue weighted by Crippen LogP contribution is 2.13. The first-order chi connectivity index (χ1) is 8.67. The lowest BCUT2D eigenvalue weighted by Gasteiger charge is -2.02. The Morgan fingerprint density at radius 1 is 1.50 bits per heavy atom. The normalized spacial score (nSPS) is 10.6. The van der Waals surface area contributed by atoms with Crippen LogP contribution in [0.2, 0.25) is 5.02 Å². The van der Waals surface area contributed by atoms with Crippen molar-refractivity contribution in [3.63, 3.8) is 0 Å². The highest BCUT2D eigenvalue weighted by atomic mass is 35.5. The van der Waals surface area contributed by atoms with Gasteiger partial charge in [-0.3, -0.25) is 5.43 Å². The van der Waals surface area contributed by atoms with Crippen LogP contribution in [0, 0.1) is 11.3 Å². The minimum absolute atomic E-state index is 0.264. The number of carbonyl (C=O) groups is 1. The topological polar surface area (TPSA) is 74.5 Å². The van der Waals surface area contributed by atoms with Crippen LogP contribution in [0.4, 0.5) is 5.69 Å². The molecule has 0 saturated heterocycles. The lowest BCUT2D eigenvalue weighted by atomic mass is 10.3. The van der Waals surface area contributed by atoms with Gasteiger partial charge in [-0.2, -0.15) is 10.4 Å². The van der Waals surface area contributed by atoms with Gasteiger partial charge in [0.1, 0.15) is 6.07 Å². The maximum absolute atomic E-state index is 11.4. The van der Waals surface area contributed by atoms with Gasteiger partial charge in [0.2, 0.25) is 5.71 Å². The Morgan fingerprint density at radius 2 is 2.17 bits per heavy atom. The predicted octanol–water partition coefficient (Wildman–Crippen LogP) is 2.58. The smallest absolute Gasteiger partial charge is 0.369 e. The van der Waals surface area contributed by atoms with Crippen LogP contribution in [0.25, 0.3) is 0 Å². The Balaban J connectivity index is 2.66. The van der Waals surface area contributed by atoms with Crippen LogP contribution >= 0.6 is 11.6 Å². The summed E-state index contributed by atoms with van der Waals surface area (Å²) >= 11 is 5.72. The maximum atomic E-state index is 11.4. The van der Waals surface area contributed by atoms with E-state index >= 15 is 0 Å². The van der Waals surface area contributed by atoms with E-state index in [1.807, 2.05) is 6.92 Å². The standard InChI is InChI=1S/C12H12ClN3O2/c1-2-7-18-12(17)11(8-14)16-15-10-5-3-9(13)4-6-10/h3-6,15H,2,7H2,1H3/b16-11+. The molecular formula is C12H12ClN3O2. The van der Waals surface area contributed by atoms with Gasteiger partial charge in [-0.1, -0.05) is 18.5 Å². The van der Waals surface area contributed by atoms with Crippen LogP contribution in [0.15, 0.2) is 29.4 Å². The van der Waals surface area contributed by atoms with E-state index < -0.39 is 5.97 Å². The molecule has 0 atom stereocenters. The van der Waals surface area contributed by atoms with E-state index in [0.29, 0.717) is 17.1 Å². The molecule has 0 unspecified atom stereocenters. The number of nitrogens with one attached hydrogen (secondary N) is 1. The third-order valence-electron chi connectivity index (χ3n) is 1.88. The molecular weight excluding hydrogens is 254 g/mol. The molecule has 1 aromatic rings. The Labute approximate surface area is 110 Å². The van der Waals surface area contributed by atoms with E-state index in [0.717, 1.165) is 0 Å². The quantitative estimate of drug-likeness (QED) is 0.504. The van der Waals surface area contributed by atoms with Crippen LogP contribution in [-0.2, 0) is 9.53 Å². The molecule has 5 nitrogen and oxygen atoms in total. The highest BCUT2D eigenvalue weighted by molar-refractivity contribution is 6.43. The van der Waals surface area contributed by atoms with Crippen molar-refractivity contribution in [3.05, 3.63) is 29.3 Å². The Hall–Kier alpha value is -2.06. The van der Waals surface area contributed by atoms with Crippen molar-refractivity contribution >= 4 is 29.0 Å². The molecule has 0 aromatic heterocycles. The summed E-state index contributed by atoms with van der Waals surface area (Å²) in [6.45, 7) is 2.13. The third-order valence-corrected chi connectivity index (χ3v) is 2.13. The number of rotatable bonds is 5. The second kappa shape index (κ2) is 7.30. The van der Waals surface area contributed by atoms with E-state index in [9.17, 15) is 4.79 Å². The molecule has 0 radical (unpaired) electrons. The molecule has 0 bridgehead atoms. The molecule has 0 saturated carbocycles. The zero-order valence-corrected chi connectivity index (χ0v) is 10.6. The Morgan fingerprint density at radius 3 is 2.72 bits per heavy atom. The summed E-state index contributed by atoms with van der Waals surface area (Å²) in [4.78, 5) is 11.4. The average molecular weight is 266 g/mol. The van der Waals surface area contributed by atoms with Gasteiger partial charge in [0.05, 0.1) is 12.3 Å². The molecule has 94 valence electrons. The molecule has 0 spiro atoms. The maximum Gasteiger partial charge on any atom is 0.369 e. The molecule has 1 aromatic carbocycles. The van der Waals surface area contributed by atoms with Gasteiger partial charge in [-0.05, 0) is 30.7 Å². The monoisotopic (exact) mass is 265 g/mol. The summed E-state index contributed by atoms with van der Waals surface area (Å²) in [6.07, 6.45) is 0.690. The van der Waals surface area contributed by atoms with Crippen LogP contribution in [0.1, 0.15) is 13.3 Å². The van der Waals surface area contributed by atoms with Crippen LogP contribution in [0.5, 0.6) is 0 Å². The fourth-order valence-corrected chi connectivity index (χ4v) is 1.15.